The third-order valence-electron chi connectivity index (χ3n) is 5.26. The molecule has 0 bridgehead atoms. The predicted molar refractivity (Wildman–Crippen MR) is 125 cm³/mol. The van der Waals surface area contributed by atoms with E-state index in [0.29, 0.717) is 53.2 Å². The fourth-order valence-electron chi connectivity index (χ4n) is 3.71. The van der Waals surface area contributed by atoms with E-state index < -0.39 is 17.9 Å². The molecular formula is C23H30Cl2N2O5. The number of hydrogen-bond acceptors (Lipinski definition) is 7. The zero-order chi connectivity index (χ0) is 23.7. The molecule has 0 unspecified atom stereocenters. The Balaban J connectivity index is 2.25. The highest BCUT2D eigenvalue weighted by atomic mass is 35.5. The van der Waals surface area contributed by atoms with Gasteiger partial charge in [-0.05, 0) is 31.5 Å². The van der Waals surface area contributed by atoms with Crippen molar-refractivity contribution in [3.63, 3.8) is 0 Å². The lowest BCUT2D eigenvalue weighted by Gasteiger charge is -2.30. The maximum atomic E-state index is 12.6. The largest absolute Gasteiger partial charge is 0.492 e. The average molecular weight is 485 g/mol. The summed E-state index contributed by atoms with van der Waals surface area (Å²) >= 11 is 11.7. The Hall–Kier alpha value is -2.22. The highest BCUT2D eigenvalue weighted by molar-refractivity contribution is 6.18. The van der Waals surface area contributed by atoms with Gasteiger partial charge in [-0.25, -0.2) is 9.59 Å². The van der Waals surface area contributed by atoms with Crippen LogP contribution in [0, 0.1) is 0 Å². The molecule has 0 radical (unpaired) electrons. The van der Waals surface area contributed by atoms with Gasteiger partial charge in [0.25, 0.3) is 0 Å². The highest BCUT2D eigenvalue weighted by Gasteiger charge is 2.37. The first-order chi connectivity index (χ1) is 15.4. The minimum absolute atomic E-state index is 0.366. The van der Waals surface area contributed by atoms with Crippen LogP contribution in [0.25, 0.3) is 0 Å². The number of nitrogens with one attached hydrogen (secondary N) is 1. The summed E-state index contributed by atoms with van der Waals surface area (Å²) in [4.78, 5) is 27.3. The maximum absolute atomic E-state index is 12.6. The Kier molecular flexibility index (Phi) is 10.4. The van der Waals surface area contributed by atoms with E-state index in [2.05, 4.69) is 10.2 Å². The summed E-state index contributed by atoms with van der Waals surface area (Å²) < 4.78 is 15.8. The minimum atomic E-state index is -0.617. The molecule has 1 heterocycles. The third-order valence-corrected chi connectivity index (χ3v) is 5.60. The van der Waals surface area contributed by atoms with E-state index in [-0.39, 0.29) is 0 Å². The number of alkyl halides is 2. The van der Waals surface area contributed by atoms with Crippen LogP contribution in [0.15, 0.2) is 46.8 Å². The molecule has 2 rings (SSSR count). The van der Waals surface area contributed by atoms with Gasteiger partial charge in [0.05, 0.1) is 31.3 Å². The molecule has 0 atom stereocenters. The van der Waals surface area contributed by atoms with E-state index >= 15 is 0 Å². The van der Waals surface area contributed by atoms with Crippen molar-refractivity contribution >= 4 is 35.1 Å². The van der Waals surface area contributed by atoms with Gasteiger partial charge >= 0.3 is 11.9 Å². The van der Waals surface area contributed by atoms with Crippen molar-refractivity contribution in [3.05, 3.63) is 52.4 Å². The van der Waals surface area contributed by atoms with Crippen LogP contribution >= 0.6 is 23.2 Å². The van der Waals surface area contributed by atoms with Gasteiger partial charge in [-0.15, -0.1) is 23.2 Å². The summed E-state index contributed by atoms with van der Waals surface area (Å²) in [5, 5.41) is 3.09. The van der Waals surface area contributed by atoms with Crippen LogP contribution in [-0.4, -0.2) is 69.1 Å². The number of nitrogens with zero attached hydrogens (tertiary/aromatic N) is 1. The number of esters is 2. The van der Waals surface area contributed by atoms with Crippen molar-refractivity contribution in [2.45, 2.75) is 19.8 Å². The molecule has 1 aromatic rings. The number of allylic oxidation sites excluding steroid dienone is 2. The lowest BCUT2D eigenvalue weighted by molar-refractivity contribution is -0.137. The molecule has 0 aliphatic carbocycles. The summed E-state index contributed by atoms with van der Waals surface area (Å²) in [7, 11) is 2.63. The standard InChI is InChI=1S/C23H30Cl2N2O5/c1-15-19(22(28)30-3)21(20(16(2)26-15)23(29)31-4)17-5-7-18(8-6-17)32-14-13-27(11-9-24)12-10-25/h5-8,21,26H,9-14H2,1-4H3. The van der Waals surface area contributed by atoms with Crippen molar-refractivity contribution in [1.82, 2.24) is 10.2 Å². The van der Waals surface area contributed by atoms with Gasteiger partial charge in [0.1, 0.15) is 12.4 Å². The number of benzene rings is 1. The smallest absolute Gasteiger partial charge is 0.336 e. The Morgan fingerprint density at radius 3 is 1.84 bits per heavy atom. The Labute approximate surface area is 199 Å². The molecule has 1 aromatic carbocycles. The number of halogens is 2. The molecule has 32 heavy (non-hydrogen) atoms. The number of hydrogen-bond donors (Lipinski definition) is 1. The van der Waals surface area contributed by atoms with Gasteiger partial charge in [-0.2, -0.15) is 0 Å². The lowest BCUT2D eigenvalue weighted by atomic mass is 9.80. The summed E-state index contributed by atoms with van der Waals surface area (Å²) in [6, 6.07) is 7.32. The van der Waals surface area contributed by atoms with Crippen molar-refractivity contribution in [1.29, 1.82) is 0 Å². The van der Waals surface area contributed by atoms with E-state index in [9.17, 15) is 9.59 Å². The third kappa shape index (κ3) is 6.40. The molecule has 0 saturated carbocycles. The molecule has 0 saturated heterocycles. The lowest BCUT2D eigenvalue weighted by Crippen LogP contribution is -2.32. The zero-order valence-electron chi connectivity index (χ0n) is 18.9. The first-order valence-corrected chi connectivity index (χ1v) is 11.4. The van der Waals surface area contributed by atoms with Crippen LogP contribution in [0.5, 0.6) is 5.75 Å². The number of carbonyl (C=O) groups excluding carboxylic acids is 2. The maximum Gasteiger partial charge on any atom is 0.336 e. The van der Waals surface area contributed by atoms with Crippen LogP contribution in [0.1, 0.15) is 25.3 Å². The topological polar surface area (TPSA) is 77.1 Å². The average Bonchev–Trinajstić information content (AvgIpc) is 2.78. The summed E-state index contributed by atoms with van der Waals surface area (Å²) in [6.07, 6.45) is 0. The van der Waals surface area contributed by atoms with E-state index in [0.717, 1.165) is 18.7 Å². The van der Waals surface area contributed by atoms with Gasteiger partial charge in [0.15, 0.2) is 0 Å². The number of methoxy groups -OCH3 is 2. The Morgan fingerprint density at radius 2 is 1.41 bits per heavy atom. The number of ether oxygens (including phenoxy) is 3. The molecule has 1 N–H and O–H groups in total. The van der Waals surface area contributed by atoms with Gasteiger partial charge < -0.3 is 19.5 Å². The molecule has 0 amide bonds. The van der Waals surface area contributed by atoms with Crippen molar-refractivity contribution < 1.29 is 23.8 Å². The highest BCUT2D eigenvalue weighted by Crippen LogP contribution is 2.39. The second kappa shape index (κ2) is 12.7. The molecule has 0 spiro atoms. The van der Waals surface area contributed by atoms with Crippen molar-refractivity contribution in [2.75, 3.05) is 52.2 Å². The Morgan fingerprint density at radius 1 is 0.906 bits per heavy atom. The number of dihydropyridines is 1. The molecule has 1 aliphatic heterocycles. The van der Waals surface area contributed by atoms with Gasteiger partial charge in [-0.3, -0.25) is 4.90 Å². The monoisotopic (exact) mass is 484 g/mol. The summed E-state index contributed by atoms with van der Waals surface area (Å²) in [5.41, 5.74) is 2.75. The van der Waals surface area contributed by atoms with Crippen LogP contribution < -0.4 is 10.1 Å². The SMILES string of the molecule is COC(=O)C1=C(C)NC(C)=C(C(=O)OC)C1c1ccc(OCCN(CCCl)CCCl)cc1. The molecule has 9 heteroatoms. The quantitative estimate of drug-likeness (QED) is 0.380. The fourth-order valence-corrected chi connectivity index (χ4v) is 4.19. The van der Waals surface area contributed by atoms with Gasteiger partial charge in [0, 0.05) is 42.8 Å². The molecule has 176 valence electrons. The van der Waals surface area contributed by atoms with Crippen LogP contribution in [0.4, 0.5) is 0 Å². The fraction of sp³-hybridized carbons (Fsp3) is 0.478. The second-order valence-electron chi connectivity index (χ2n) is 7.26. The van der Waals surface area contributed by atoms with Gasteiger partial charge in [0.2, 0.25) is 0 Å². The van der Waals surface area contributed by atoms with Gasteiger partial charge in [-0.1, -0.05) is 12.1 Å². The van der Waals surface area contributed by atoms with Crippen LogP contribution in [-0.2, 0) is 19.1 Å². The van der Waals surface area contributed by atoms with Crippen molar-refractivity contribution in [3.8, 4) is 5.75 Å². The van der Waals surface area contributed by atoms with E-state index in [4.69, 9.17) is 37.4 Å². The van der Waals surface area contributed by atoms with Crippen LogP contribution in [0.3, 0.4) is 0 Å². The molecule has 7 nitrogen and oxygen atoms in total. The van der Waals surface area contributed by atoms with E-state index in [1.165, 1.54) is 14.2 Å². The first kappa shape index (κ1) is 26.0. The molecule has 0 aromatic heterocycles. The molecular weight excluding hydrogens is 455 g/mol. The summed E-state index contributed by atoms with van der Waals surface area (Å²) in [5.74, 6) is 0.119. The van der Waals surface area contributed by atoms with Crippen molar-refractivity contribution in [2.24, 2.45) is 0 Å². The molecule has 1 aliphatic rings. The Bertz CT molecular complexity index is 824. The second-order valence-corrected chi connectivity index (χ2v) is 8.01. The van der Waals surface area contributed by atoms with E-state index in [1.54, 1.807) is 13.8 Å². The first-order valence-electron chi connectivity index (χ1n) is 10.3. The predicted octanol–water partition coefficient (Wildman–Crippen LogP) is 3.43. The minimum Gasteiger partial charge on any atom is -0.492 e. The number of rotatable bonds is 11. The normalized spacial score (nSPS) is 14.5. The summed E-state index contributed by atoms with van der Waals surface area (Å²) in [6.45, 7) is 6.24. The van der Waals surface area contributed by atoms with Crippen LogP contribution in [0.2, 0.25) is 0 Å². The molecule has 0 fully saturated rings. The van der Waals surface area contributed by atoms with E-state index in [1.807, 2.05) is 24.3 Å². The zero-order valence-corrected chi connectivity index (χ0v) is 20.4. The number of carbonyl (C=O) groups is 2.